The number of hydrogen-bond donors (Lipinski definition) is 0. The molecule has 1 aromatic carbocycles. The maximum absolute atomic E-state index is 14.1. The molecule has 0 aliphatic carbocycles. The topological polar surface area (TPSA) is 20.3 Å². The Morgan fingerprint density at radius 3 is 3.00 bits per heavy atom. The molecular formula is C16H16FNOS. The number of amides is 1. The third-order valence-electron chi connectivity index (χ3n) is 3.86. The molecule has 20 heavy (non-hydrogen) atoms. The van der Waals surface area contributed by atoms with E-state index in [1.54, 1.807) is 41.4 Å². The van der Waals surface area contributed by atoms with Crippen molar-refractivity contribution in [3.8, 4) is 0 Å². The molecular weight excluding hydrogens is 273 g/mol. The van der Waals surface area contributed by atoms with Crippen molar-refractivity contribution in [2.75, 3.05) is 6.54 Å². The summed E-state index contributed by atoms with van der Waals surface area (Å²) in [7, 11) is 0. The van der Waals surface area contributed by atoms with Gasteiger partial charge in [0.2, 0.25) is 0 Å². The quantitative estimate of drug-likeness (QED) is 0.812. The molecule has 0 bridgehead atoms. The van der Waals surface area contributed by atoms with E-state index in [1.807, 2.05) is 11.4 Å². The molecule has 2 heterocycles. The van der Waals surface area contributed by atoms with Gasteiger partial charge in [-0.25, -0.2) is 4.39 Å². The van der Waals surface area contributed by atoms with Crippen LogP contribution in [0.25, 0.3) is 0 Å². The average molecular weight is 289 g/mol. The summed E-state index contributed by atoms with van der Waals surface area (Å²) in [6.07, 6.45) is 1.93. The van der Waals surface area contributed by atoms with Gasteiger partial charge in [-0.15, -0.1) is 0 Å². The Labute approximate surface area is 121 Å². The Morgan fingerprint density at radius 1 is 1.40 bits per heavy atom. The first kappa shape index (κ1) is 13.3. The van der Waals surface area contributed by atoms with Gasteiger partial charge in [0.05, 0.1) is 11.6 Å². The molecule has 1 aliphatic heterocycles. The predicted octanol–water partition coefficient (Wildman–Crippen LogP) is 4.17. The molecule has 1 aromatic heterocycles. The minimum atomic E-state index is -0.395. The number of benzene rings is 1. The molecule has 3 rings (SSSR count). The molecule has 1 atom stereocenters. The van der Waals surface area contributed by atoms with Crippen LogP contribution in [0.3, 0.4) is 0 Å². The van der Waals surface area contributed by atoms with Gasteiger partial charge in [-0.2, -0.15) is 11.3 Å². The predicted molar refractivity (Wildman–Crippen MR) is 78.5 cm³/mol. The van der Waals surface area contributed by atoms with E-state index in [4.69, 9.17) is 0 Å². The van der Waals surface area contributed by atoms with Crippen molar-refractivity contribution in [1.82, 2.24) is 4.90 Å². The van der Waals surface area contributed by atoms with Crippen molar-refractivity contribution in [3.63, 3.8) is 0 Å². The van der Waals surface area contributed by atoms with Crippen LogP contribution in [0.2, 0.25) is 0 Å². The van der Waals surface area contributed by atoms with Gasteiger partial charge < -0.3 is 4.90 Å². The third kappa shape index (κ3) is 2.24. The fraction of sp³-hybridized carbons (Fsp3) is 0.312. The summed E-state index contributed by atoms with van der Waals surface area (Å²) in [5.41, 5.74) is 1.86. The highest BCUT2D eigenvalue weighted by Gasteiger charge is 2.32. The molecule has 104 valence electrons. The zero-order valence-corrected chi connectivity index (χ0v) is 12.1. The highest BCUT2D eigenvalue weighted by Crippen LogP contribution is 2.34. The van der Waals surface area contributed by atoms with E-state index in [2.05, 4.69) is 5.38 Å². The first-order valence-corrected chi connectivity index (χ1v) is 7.71. The lowest BCUT2D eigenvalue weighted by Gasteiger charge is -2.24. The zero-order valence-electron chi connectivity index (χ0n) is 11.3. The van der Waals surface area contributed by atoms with Gasteiger partial charge in [-0.05, 0) is 53.8 Å². The van der Waals surface area contributed by atoms with Crippen LogP contribution in [0.15, 0.2) is 35.0 Å². The molecule has 4 heteroatoms. The highest BCUT2D eigenvalue weighted by molar-refractivity contribution is 7.07. The Morgan fingerprint density at radius 2 is 2.25 bits per heavy atom. The lowest BCUT2D eigenvalue weighted by atomic mass is 10.1. The van der Waals surface area contributed by atoms with E-state index in [-0.39, 0.29) is 17.5 Å². The number of thiophene rings is 1. The van der Waals surface area contributed by atoms with E-state index in [0.29, 0.717) is 12.1 Å². The summed E-state index contributed by atoms with van der Waals surface area (Å²) in [6, 6.07) is 7.14. The first-order chi connectivity index (χ1) is 9.68. The number of hydrogen-bond acceptors (Lipinski definition) is 2. The second-order valence-corrected chi connectivity index (χ2v) is 5.93. The number of aryl methyl sites for hydroxylation is 1. The van der Waals surface area contributed by atoms with Crippen LogP contribution in [-0.4, -0.2) is 17.4 Å². The number of nitrogens with zero attached hydrogens (tertiary/aromatic N) is 1. The Balaban J connectivity index is 1.92. The number of rotatable bonds is 2. The van der Waals surface area contributed by atoms with Crippen LogP contribution in [0.5, 0.6) is 0 Å². The number of likely N-dealkylation sites (tertiary alicyclic amines) is 1. The van der Waals surface area contributed by atoms with Crippen LogP contribution in [0.1, 0.15) is 40.4 Å². The molecule has 1 aliphatic rings. The lowest BCUT2D eigenvalue weighted by Crippen LogP contribution is -2.31. The van der Waals surface area contributed by atoms with Crippen LogP contribution >= 0.6 is 11.3 Å². The molecule has 1 unspecified atom stereocenters. The molecule has 1 saturated heterocycles. The van der Waals surface area contributed by atoms with E-state index >= 15 is 0 Å². The van der Waals surface area contributed by atoms with E-state index in [0.717, 1.165) is 18.4 Å². The summed E-state index contributed by atoms with van der Waals surface area (Å²) in [4.78, 5) is 14.4. The second kappa shape index (κ2) is 5.37. The maximum atomic E-state index is 14.1. The van der Waals surface area contributed by atoms with Crippen LogP contribution < -0.4 is 0 Å². The third-order valence-corrected chi connectivity index (χ3v) is 4.57. The van der Waals surface area contributed by atoms with Gasteiger partial charge in [-0.1, -0.05) is 12.1 Å². The molecule has 0 spiro atoms. The largest absolute Gasteiger partial charge is 0.331 e. The van der Waals surface area contributed by atoms with E-state index in [9.17, 15) is 9.18 Å². The Hall–Kier alpha value is -1.68. The zero-order chi connectivity index (χ0) is 14.1. The van der Waals surface area contributed by atoms with Crippen molar-refractivity contribution in [3.05, 3.63) is 57.5 Å². The normalized spacial score (nSPS) is 18.5. The standard InChI is InChI=1S/C16H16FNOS/c1-11-4-2-5-13(15(11)17)16(19)18-8-3-6-14(18)12-7-9-20-10-12/h2,4-5,7,9-10,14H,3,6,8H2,1H3. The summed E-state index contributed by atoms with van der Waals surface area (Å²) in [6.45, 7) is 2.39. The van der Waals surface area contributed by atoms with Crippen molar-refractivity contribution in [2.24, 2.45) is 0 Å². The summed E-state index contributed by atoms with van der Waals surface area (Å²) < 4.78 is 14.1. The van der Waals surface area contributed by atoms with Gasteiger partial charge in [0, 0.05) is 6.54 Å². The van der Waals surface area contributed by atoms with Gasteiger partial charge in [0.25, 0.3) is 5.91 Å². The lowest BCUT2D eigenvalue weighted by molar-refractivity contribution is 0.0731. The number of carbonyl (C=O) groups is 1. The van der Waals surface area contributed by atoms with Crippen molar-refractivity contribution >= 4 is 17.2 Å². The molecule has 2 nitrogen and oxygen atoms in total. The van der Waals surface area contributed by atoms with Crippen LogP contribution in [0, 0.1) is 12.7 Å². The van der Waals surface area contributed by atoms with E-state index < -0.39 is 5.82 Å². The number of carbonyl (C=O) groups excluding carboxylic acids is 1. The Bertz CT molecular complexity index is 623. The molecule has 0 radical (unpaired) electrons. The molecule has 1 amide bonds. The minimum absolute atomic E-state index is 0.0914. The van der Waals surface area contributed by atoms with Crippen LogP contribution in [-0.2, 0) is 0 Å². The van der Waals surface area contributed by atoms with Gasteiger partial charge in [0.1, 0.15) is 5.82 Å². The summed E-state index contributed by atoms with van der Waals surface area (Å²) in [5, 5.41) is 4.09. The molecule has 2 aromatic rings. The van der Waals surface area contributed by atoms with E-state index in [1.165, 1.54) is 0 Å². The SMILES string of the molecule is Cc1cccc(C(=O)N2CCCC2c2ccsc2)c1F. The molecule has 0 saturated carbocycles. The number of halogens is 1. The minimum Gasteiger partial charge on any atom is -0.331 e. The van der Waals surface area contributed by atoms with Gasteiger partial charge in [-0.3, -0.25) is 4.79 Å². The van der Waals surface area contributed by atoms with Gasteiger partial charge in [0.15, 0.2) is 0 Å². The smallest absolute Gasteiger partial charge is 0.257 e. The molecule has 0 N–H and O–H groups in total. The monoisotopic (exact) mass is 289 g/mol. The fourth-order valence-electron chi connectivity index (χ4n) is 2.79. The second-order valence-electron chi connectivity index (χ2n) is 5.15. The van der Waals surface area contributed by atoms with Gasteiger partial charge >= 0.3 is 0 Å². The molecule has 1 fully saturated rings. The summed E-state index contributed by atoms with van der Waals surface area (Å²) >= 11 is 1.63. The maximum Gasteiger partial charge on any atom is 0.257 e. The van der Waals surface area contributed by atoms with Crippen molar-refractivity contribution < 1.29 is 9.18 Å². The summed E-state index contributed by atoms with van der Waals surface area (Å²) in [5.74, 6) is -0.589. The van der Waals surface area contributed by atoms with Crippen molar-refractivity contribution in [2.45, 2.75) is 25.8 Å². The van der Waals surface area contributed by atoms with Crippen molar-refractivity contribution in [1.29, 1.82) is 0 Å². The Kier molecular flexibility index (Phi) is 3.57. The fourth-order valence-corrected chi connectivity index (χ4v) is 3.50. The first-order valence-electron chi connectivity index (χ1n) is 6.76. The highest BCUT2D eigenvalue weighted by atomic mass is 32.1. The van der Waals surface area contributed by atoms with Crippen LogP contribution in [0.4, 0.5) is 4.39 Å². The average Bonchev–Trinajstić information content (AvgIpc) is 3.10.